The number of piperidine rings is 1. The minimum absolute atomic E-state index is 0.326. The maximum absolute atomic E-state index is 12.6. The number of rotatable bonds is 5. The first kappa shape index (κ1) is 17.1. The molecule has 2 aliphatic rings. The van der Waals surface area contributed by atoms with Crippen LogP contribution in [0.3, 0.4) is 0 Å². The van der Waals surface area contributed by atoms with Gasteiger partial charge in [0.05, 0.1) is 0 Å². The molecule has 2 aromatic carbocycles. The molecule has 0 atom stereocenters. The predicted molar refractivity (Wildman–Crippen MR) is 106 cm³/mol. The van der Waals surface area contributed by atoms with E-state index < -0.39 is 0 Å². The minimum atomic E-state index is 0.326. The number of carbonyl (C=O) groups excluding carboxylic acids is 1. The van der Waals surface area contributed by atoms with Crippen molar-refractivity contribution in [3.8, 4) is 0 Å². The molecule has 0 radical (unpaired) electrons. The zero-order valence-corrected chi connectivity index (χ0v) is 15.4. The summed E-state index contributed by atoms with van der Waals surface area (Å²) in [6, 6.07) is 19.3. The number of hydrogen-bond donors (Lipinski definition) is 0. The largest absolute Gasteiger partial charge is 0.370 e. The van der Waals surface area contributed by atoms with Crippen molar-refractivity contribution >= 4 is 11.6 Å². The summed E-state index contributed by atoms with van der Waals surface area (Å²) >= 11 is 0. The van der Waals surface area contributed by atoms with Crippen molar-refractivity contribution in [2.24, 2.45) is 5.92 Å². The molecule has 3 heteroatoms. The van der Waals surface area contributed by atoms with E-state index in [1.165, 1.54) is 16.8 Å². The Hall–Kier alpha value is -2.29. The Morgan fingerprint density at radius 3 is 2.46 bits per heavy atom. The fraction of sp³-hybridized carbons (Fsp3) is 0.435. The van der Waals surface area contributed by atoms with Gasteiger partial charge in [-0.05, 0) is 48.8 Å². The molecule has 1 saturated heterocycles. The summed E-state index contributed by atoms with van der Waals surface area (Å²) in [4.78, 5) is 17.1. The molecule has 0 N–H and O–H groups in total. The fourth-order valence-corrected chi connectivity index (χ4v) is 4.36. The van der Waals surface area contributed by atoms with Crippen molar-refractivity contribution in [3.63, 3.8) is 0 Å². The molecule has 0 spiro atoms. The minimum Gasteiger partial charge on any atom is -0.370 e. The van der Waals surface area contributed by atoms with E-state index >= 15 is 0 Å². The first-order chi connectivity index (χ1) is 12.8. The van der Waals surface area contributed by atoms with Gasteiger partial charge in [0.1, 0.15) is 0 Å². The number of para-hydroxylation sites is 1. The van der Waals surface area contributed by atoms with Crippen LogP contribution in [0.2, 0.25) is 0 Å². The molecule has 2 aliphatic heterocycles. The third-order valence-corrected chi connectivity index (χ3v) is 5.91. The molecular weight excluding hydrogens is 320 g/mol. The SMILES string of the molecule is O=C(CCN1CCc2ccccc21)N1CCC(Cc2ccccc2)CC1. The highest BCUT2D eigenvalue weighted by Gasteiger charge is 2.24. The number of benzene rings is 2. The zero-order chi connectivity index (χ0) is 17.8. The number of carbonyl (C=O) groups is 1. The van der Waals surface area contributed by atoms with Crippen LogP contribution in [0.25, 0.3) is 0 Å². The van der Waals surface area contributed by atoms with E-state index in [2.05, 4.69) is 64.4 Å². The van der Waals surface area contributed by atoms with Gasteiger partial charge in [-0.25, -0.2) is 0 Å². The third-order valence-electron chi connectivity index (χ3n) is 5.91. The Morgan fingerprint density at radius 1 is 0.923 bits per heavy atom. The summed E-state index contributed by atoms with van der Waals surface area (Å²) < 4.78 is 0. The average molecular weight is 348 g/mol. The monoisotopic (exact) mass is 348 g/mol. The van der Waals surface area contributed by atoms with E-state index in [0.29, 0.717) is 18.2 Å². The Labute approximate surface area is 156 Å². The summed E-state index contributed by atoms with van der Waals surface area (Å²) in [6.45, 7) is 3.74. The van der Waals surface area contributed by atoms with Gasteiger partial charge in [0.2, 0.25) is 5.91 Å². The lowest BCUT2D eigenvalue weighted by atomic mass is 9.90. The van der Waals surface area contributed by atoms with Crippen molar-refractivity contribution in [1.29, 1.82) is 0 Å². The molecule has 0 aliphatic carbocycles. The fourth-order valence-electron chi connectivity index (χ4n) is 4.36. The van der Waals surface area contributed by atoms with E-state index in [-0.39, 0.29) is 0 Å². The highest BCUT2D eigenvalue weighted by molar-refractivity contribution is 5.77. The topological polar surface area (TPSA) is 23.6 Å². The lowest BCUT2D eigenvalue weighted by Crippen LogP contribution is -2.40. The first-order valence-corrected chi connectivity index (χ1v) is 9.94. The molecule has 0 aromatic heterocycles. The van der Waals surface area contributed by atoms with Crippen LogP contribution in [-0.2, 0) is 17.6 Å². The van der Waals surface area contributed by atoms with Crippen LogP contribution in [0.5, 0.6) is 0 Å². The number of likely N-dealkylation sites (tertiary alicyclic amines) is 1. The quantitative estimate of drug-likeness (QED) is 0.818. The highest BCUT2D eigenvalue weighted by Crippen LogP contribution is 2.27. The smallest absolute Gasteiger partial charge is 0.224 e. The molecule has 0 saturated carbocycles. The van der Waals surface area contributed by atoms with Crippen molar-refractivity contribution in [2.75, 3.05) is 31.1 Å². The molecule has 26 heavy (non-hydrogen) atoms. The highest BCUT2D eigenvalue weighted by atomic mass is 16.2. The maximum atomic E-state index is 12.6. The number of nitrogens with zero attached hydrogens (tertiary/aromatic N) is 2. The Bertz CT molecular complexity index is 735. The van der Waals surface area contributed by atoms with E-state index in [1.807, 2.05) is 0 Å². The van der Waals surface area contributed by atoms with Crippen LogP contribution in [-0.4, -0.2) is 37.0 Å². The van der Waals surface area contributed by atoms with Crippen LogP contribution >= 0.6 is 0 Å². The molecule has 3 nitrogen and oxygen atoms in total. The number of anilines is 1. The summed E-state index contributed by atoms with van der Waals surface area (Å²) in [7, 11) is 0. The number of fused-ring (bicyclic) bond motifs is 1. The molecule has 1 amide bonds. The van der Waals surface area contributed by atoms with Crippen LogP contribution in [0.1, 0.15) is 30.4 Å². The average Bonchev–Trinajstić information content (AvgIpc) is 3.11. The molecule has 2 aromatic rings. The normalized spacial score (nSPS) is 17.4. The second-order valence-electron chi connectivity index (χ2n) is 7.63. The molecule has 0 unspecified atom stereocenters. The predicted octanol–water partition coefficient (Wildman–Crippen LogP) is 3.92. The number of hydrogen-bond acceptors (Lipinski definition) is 2. The van der Waals surface area contributed by atoms with Crippen LogP contribution < -0.4 is 4.90 Å². The first-order valence-electron chi connectivity index (χ1n) is 9.94. The summed E-state index contributed by atoms with van der Waals surface area (Å²) in [5, 5.41) is 0. The molecule has 1 fully saturated rings. The van der Waals surface area contributed by atoms with E-state index in [1.54, 1.807) is 0 Å². The second-order valence-corrected chi connectivity index (χ2v) is 7.63. The standard InChI is InChI=1S/C23H28N2O/c26-23(13-17-24-16-12-21-8-4-5-9-22(21)24)25-14-10-20(11-15-25)18-19-6-2-1-3-7-19/h1-9,20H,10-18H2. The van der Waals surface area contributed by atoms with Crippen LogP contribution in [0.15, 0.2) is 54.6 Å². The Kier molecular flexibility index (Phi) is 5.24. The summed E-state index contributed by atoms with van der Waals surface area (Å²) in [5.41, 5.74) is 4.16. The molecule has 2 heterocycles. The van der Waals surface area contributed by atoms with Gasteiger partial charge in [-0.1, -0.05) is 48.5 Å². The van der Waals surface area contributed by atoms with E-state index in [0.717, 1.165) is 51.9 Å². The third kappa shape index (κ3) is 3.92. The van der Waals surface area contributed by atoms with Crippen LogP contribution in [0.4, 0.5) is 5.69 Å². The second kappa shape index (κ2) is 7.94. The lowest BCUT2D eigenvalue weighted by Gasteiger charge is -2.32. The van der Waals surface area contributed by atoms with Gasteiger partial charge in [-0.15, -0.1) is 0 Å². The van der Waals surface area contributed by atoms with Gasteiger partial charge in [0, 0.05) is 38.3 Å². The Morgan fingerprint density at radius 2 is 1.65 bits per heavy atom. The summed E-state index contributed by atoms with van der Waals surface area (Å²) in [6.07, 6.45) is 5.15. The zero-order valence-electron chi connectivity index (χ0n) is 15.4. The van der Waals surface area contributed by atoms with Gasteiger partial charge in [0.25, 0.3) is 0 Å². The van der Waals surface area contributed by atoms with E-state index in [9.17, 15) is 4.79 Å². The van der Waals surface area contributed by atoms with E-state index in [4.69, 9.17) is 0 Å². The van der Waals surface area contributed by atoms with Crippen molar-refractivity contribution in [1.82, 2.24) is 4.90 Å². The van der Waals surface area contributed by atoms with Gasteiger partial charge in [-0.3, -0.25) is 4.79 Å². The lowest BCUT2D eigenvalue weighted by molar-refractivity contribution is -0.132. The molecule has 4 rings (SSSR count). The maximum Gasteiger partial charge on any atom is 0.224 e. The summed E-state index contributed by atoms with van der Waals surface area (Å²) in [5.74, 6) is 1.04. The molecule has 136 valence electrons. The number of amides is 1. The molecule has 0 bridgehead atoms. The van der Waals surface area contributed by atoms with Gasteiger partial charge in [-0.2, -0.15) is 0 Å². The van der Waals surface area contributed by atoms with Crippen LogP contribution in [0, 0.1) is 5.92 Å². The molecular formula is C23H28N2O. The van der Waals surface area contributed by atoms with Gasteiger partial charge in [0.15, 0.2) is 0 Å². The van der Waals surface area contributed by atoms with Gasteiger partial charge < -0.3 is 9.80 Å². The van der Waals surface area contributed by atoms with Crippen molar-refractivity contribution in [2.45, 2.75) is 32.1 Å². The van der Waals surface area contributed by atoms with Gasteiger partial charge >= 0.3 is 0 Å². The van der Waals surface area contributed by atoms with Crippen molar-refractivity contribution in [3.05, 3.63) is 65.7 Å². The van der Waals surface area contributed by atoms with Crippen molar-refractivity contribution < 1.29 is 4.79 Å². The Balaban J connectivity index is 1.23.